The molecule has 0 aliphatic carbocycles. The molecule has 29 heavy (non-hydrogen) atoms. The van der Waals surface area contributed by atoms with Gasteiger partial charge in [-0.25, -0.2) is 0 Å². The number of amides is 1. The van der Waals surface area contributed by atoms with E-state index in [9.17, 15) is 13.6 Å². The summed E-state index contributed by atoms with van der Waals surface area (Å²) in [6.45, 7) is -2.72. The number of benzene rings is 3. The molecule has 0 aliphatic rings. The Bertz CT molecular complexity index is 937. The number of rotatable bonds is 8. The highest BCUT2D eigenvalue weighted by Gasteiger charge is 2.19. The molecule has 1 amide bonds. The minimum Gasteiger partial charge on any atom is -0.435 e. The van der Waals surface area contributed by atoms with E-state index in [4.69, 9.17) is 11.6 Å². The van der Waals surface area contributed by atoms with E-state index in [-0.39, 0.29) is 24.2 Å². The molecule has 3 aromatic rings. The maximum Gasteiger partial charge on any atom is 0.387 e. The molecular weight excluding hydrogens is 398 g/mol. The number of alkyl halides is 2. The normalized spacial score (nSPS) is 11.9. The van der Waals surface area contributed by atoms with Crippen LogP contribution >= 0.6 is 11.6 Å². The number of hydrogen-bond donors (Lipinski definition) is 2. The third kappa shape index (κ3) is 6.01. The molecule has 0 aliphatic heterocycles. The van der Waals surface area contributed by atoms with Crippen molar-refractivity contribution in [3.05, 3.63) is 95.0 Å². The van der Waals surface area contributed by atoms with E-state index >= 15 is 0 Å². The first-order chi connectivity index (χ1) is 14.0. The third-order valence-corrected chi connectivity index (χ3v) is 4.64. The van der Waals surface area contributed by atoms with Crippen LogP contribution in [-0.2, 0) is 4.79 Å². The van der Waals surface area contributed by atoms with Crippen LogP contribution in [0.3, 0.4) is 0 Å². The van der Waals surface area contributed by atoms with Crippen LogP contribution < -0.4 is 15.4 Å². The summed E-state index contributed by atoms with van der Waals surface area (Å²) in [4.78, 5) is 12.4. The number of anilines is 1. The Balaban J connectivity index is 1.73. The van der Waals surface area contributed by atoms with Gasteiger partial charge in [-0.05, 0) is 36.4 Å². The monoisotopic (exact) mass is 417 g/mol. The Morgan fingerprint density at radius 1 is 0.931 bits per heavy atom. The minimum absolute atomic E-state index is 0.0898. The fourth-order valence-electron chi connectivity index (χ4n) is 2.97. The Hall–Kier alpha value is -2.96. The molecule has 0 heterocycles. The van der Waals surface area contributed by atoms with Gasteiger partial charge in [-0.2, -0.15) is 8.78 Å². The van der Waals surface area contributed by atoms with Crippen LogP contribution in [0.5, 0.6) is 5.75 Å². The molecule has 7 heteroatoms. The van der Waals surface area contributed by atoms with Crippen LogP contribution in [0.1, 0.15) is 17.2 Å². The summed E-state index contributed by atoms with van der Waals surface area (Å²) in [5.41, 5.74) is 2.40. The van der Waals surface area contributed by atoms with Crippen LogP contribution in [0.25, 0.3) is 0 Å². The van der Waals surface area contributed by atoms with Crippen molar-refractivity contribution in [2.24, 2.45) is 0 Å². The number of halogens is 3. The highest BCUT2D eigenvalue weighted by atomic mass is 35.5. The van der Waals surface area contributed by atoms with E-state index in [0.29, 0.717) is 10.7 Å². The van der Waals surface area contributed by atoms with E-state index in [0.717, 1.165) is 11.1 Å². The first kappa shape index (κ1) is 20.8. The summed E-state index contributed by atoms with van der Waals surface area (Å²) < 4.78 is 29.2. The van der Waals surface area contributed by atoms with Gasteiger partial charge in [0, 0.05) is 11.1 Å². The molecule has 150 valence electrons. The van der Waals surface area contributed by atoms with Gasteiger partial charge in [-0.15, -0.1) is 0 Å². The van der Waals surface area contributed by atoms with E-state index in [1.54, 1.807) is 36.4 Å². The quantitative estimate of drug-likeness (QED) is 0.576. The second-order valence-electron chi connectivity index (χ2n) is 6.30. The number of ether oxygens (including phenoxy) is 1. The minimum atomic E-state index is -2.87. The van der Waals surface area contributed by atoms with Crippen LogP contribution in [0.2, 0.25) is 5.02 Å². The molecule has 3 rings (SSSR count). The van der Waals surface area contributed by atoms with Crippen LogP contribution in [0.4, 0.5) is 14.5 Å². The van der Waals surface area contributed by atoms with Crippen LogP contribution in [0.15, 0.2) is 78.9 Å². The van der Waals surface area contributed by atoms with Gasteiger partial charge in [0.05, 0.1) is 10.7 Å². The van der Waals surface area contributed by atoms with Crippen molar-refractivity contribution in [2.45, 2.75) is 12.7 Å². The average molecular weight is 418 g/mol. The molecule has 3 aromatic carbocycles. The first-order valence-electron chi connectivity index (χ1n) is 9.00. The molecular formula is C22H20ClF2N2O2+. The van der Waals surface area contributed by atoms with Crippen molar-refractivity contribution in [3.63, 3.8) is 0 Å². The molecule has 0 spiro atoms. The molecule has 0 bridgehead atoms. The van der Waals surface area contributed by atoms with E-state index in [1.807, 2.05) is 35.6 Å². The smallest absolute Gasteiger partial charge is 0.387 e. The summed E-state index contributed by atoms with van der Waals surface area (Å²) in [5, 5.41) is 5.14. The summed E-state index contributed by atoms with van der Waals surface area (Å²) >= 11 is 6.08. The second-order valence-corrected chi connectivity index (χ2v) is 6.71. The van der Waals surface area contributed by atoms with Gasteiger partial charge in [-0.3, -0.25) is 4.79 Å². The highest BCUT2D eigenvalue weighted by Crippen LogP contribution is 2.22. The summed E-state index contributed by atoms with van der Waals surface area (Å²) in [6, 6.07) is 22.9. The lowest BCUT2D eigenvalue weighted by Gasteiger charge is -2.17. The van der Waals surface area contributed by atoms with Gasteiger partial charge in [-0.1, -0.05) is 54.1 Å². The van der Waals surface area contributed by atoms with Gasteiger partial charge in [0.2, 0.25) is 0 Å². The number of hydrogen-bond acceptors (Lipinski definition) is 2. The van der Waals surface area contributed by atoms with Crippen molar-refractivity contribution < 1.29 is 23.6 Å². The molecule has 4 nitrogen and oxygen atoms in total. The van der Waals surface area contributed by atoms with E-state index in [2.05, 4.69) is 10.1 Å². The Morgan fingerprint density at radius 2 is 1.55 bits per heavy atom. The fraction of sp³-hybridized carbons (Fsp3) is 0.136. The second kappa shape index (κ2) is 10.0. The number of nitrogens with one attached hydrogen (secondary N) is 1. The molecule has 0 fully saturated rings. The molecule has 3 N–H and O–H groups in total. The zero-order valence-corrected chi connectivity index (χ0v) is 16.2. The lowest BCUT2D eigenvalue weighted by atomic mass is 9.98. The maximum atomic E-state index is 12.4. The number of carbonyl (C=O) groups excluding carboxylic acids is 1. The molecule has 0 radical (unpaired) electrons. The van der Waals surface area contributed by atoms with Gasteiger partial charge in [0.1, 0.15) is 11.8 Å². The van der Waals surface area contributed by atoms with Crippen molar-refractivity contribution in [3.8, 4) is 5.75 Å². The molecule has 0 unspecified atom stereocenters. The highest BCUT2D eigenvalue weighted by molar-refractivity contribution is 6.33. The summed E-state index contributed by atoms with van der Waals surface area (Å²) in [7, 11) is 0. The zero-order chi connectivity index (χ0) is 20.6. The number of carbonyl (C=O) groups is 1. The van der Waals surface area contributed by atoms with Crippen molar-refractivity contribution in [1.82, 2.24) is 0 Å². The predicted molar refractivity (Wildman–Crippen MR) is 108 cm³/mol. The standard InChI is InChI=1S/C22H19ClF2N2O2/c23-18-8-4-5-9-19(18)27-20(28)14-26-21(15-6-2-1-3-7-15)16-10-12-17(13-11-16)29-22(24)25/h1-13,21-22,26H,14H2,(H,27,28)/p+1/t21-/m0/s1. The number of quaternary nitrogens is 1. The Kier molecular flexibility index (Phi) is 7.16. The average Bonchev–Trinajstić information content (AvgIpc) is 2.71. The third-order valence-electron chi connectivity index (χ3n) is 4.31. The summed E-state index contributed by atoms with van der Waals surface area (Å²) in [5.74, 6) is -0.108. The molecule has 0 aromatic heterocycles. The lowest BCUT2D eigenvalue weighted by molar-refractivity contribution is -0.676. The SMILES string of the molecule is O=C(C[NH2+][C@@H](c1ccccc1)c1ccc(OC(F)F)cc1)Nc1ccccc1Cl. The molecule has 0 saturated heterocycles. The van der Waals surface area contributed by atoms with Crippen LogP contribution in [0, 0.1) is 0 Å². The molecule has 1 atom stereocenters. The zero-order valence-electron chi connectivity index (χ0n) is 15.4. The predicted octanol–water partition coefficient (Wildman–Crippen LogP) is 4.23. The maximum absolute atomic E-state index is 12.4. The lowest BCUT2D eigenvalue weighted by Crippen LogP contribution is -2.87. The largest absolute Gasteiger partial charge is 0.435 e. The summed E-state index contributed by atoms with van der Waals surface area (Å²) in [6.07, 6.45) is 0. The first-order valence-corrected chi connectivity index (χ1v) is 9.38. The van der Waals surface area contributed by atoms with E-state index < -0.39 is 6.61 Å². The van der Waals surface area contributed by atoms with Crippen molar-refractivity contribution in [1.29, 1.82) is 0 Å². The fourth-order valence-corrected chi connectivity index (χ4v) is 3.15. The van der Waals surface area contributed by atoms with Gasteiger partial charge in [0.15, 0.2) is 6.54 Å². The van der Waals surface area contributed by atoms with Crippen molar-refractivity contribution in [2.75, 3.05) is 11.9 Å². The Labute approximate surface area is 172 Å². The van der Waals surface area contributed by atoms with Crippen molar-refractivity contribution >= 4 is 23.2 Å². The number of para-hydroxylation sites is 1. The Morgan fingerprint density at radius 3 is 2.21 bits per heavy atom. The van der Waals surface area contributed by atoms with Crippen LogP contribution in [-0.4, -0.2) is 19.1 Å². The topological polar surface area (TPSA) is 54.9 Å². The van der Waals surface area contributed by atoms with Gasteiger partial charge >= 0.3 is 6.61 Å². The van der Waals surface area contributed by atoms with Gasteiger partial charge in [0.25, 0.3) is 5.91 Å². The molecule has 0 saturated carbocycles. The van der Waals surface area contributed by atoms with E-state index in [1.165, 1.54) is 12.1 Å². The van der Waals surface area contributed by atoms with Gasteiger partial charge < -0.3 is 15.4 Å². The number of nitrogens with two attached hydrogens (primary N) is 1.